The van der Waals surface area contributed by atoms with E-state index in [4.69, 9.17) is 16.4 Å². The van der Waals surface area contributed by atoms with Crippen LogP contribution in [-0.2, 0) is 27.4 Å². The molecule has 0 bridgehead atoms. The van der Waals surface area contributed by atoms with Gasteiger partial charge in [-0.25, -0.2) is 13.9 Å². The van der Waals surface area contributed by atoms with Gasteiger partial charge in [-0.15, -0.1) is 5.10 Å². The molecule has 2 aromatic carbocycles. The smallest absolute Gasteiger partial charge is 0.306 e. The number of nitrogens with zero attached hydrogens (tertiary/aromatic N) is 7. The number of rotatable bonds is 8. The van der Waals surface area contributed by atoms with Crippen molar-refractivity contribution in [2.75, 3.05) is 13.1 Å². The van der Waals surface area contributed by atoms with Crippen molar-refractivity contribution in [3.05, 3.63) is 59.8 Å². The Morgan fingerprint density at radius 1 is 1.13 bits per heavy atom. The number of hydrogen-bond donors (Lipinski definition) is 1. The van der Waals surface area contributed by atoms with E-state index in [1.54, 1.807) is 40.4 Å². The van der Waals surface area contributed by atoms with Gasteiger partial charge in [-0.3, -0.25) is 14.3 Å². The van der Waals surface area contributed by atoms with Gasteiger partial charge in [0.25, 0.3) is 0 Å². The second-order valence-corrected chi connectivity index (χ2v) is 13.3. The molecule has 1 fully saturated rings. The van der Waals surface area contributed by atoms with E-state index in [-0.39, 0.29) is 43.0 Å². The van der Waals surface area contributed by atoms with Crippen molar-refractivity contribution in [1.82, 2.24) is 29.7 Å². The largest absolute Gasteiger partial charge is 0.460 e. The number of hydrogen-bond acceptors (Lipinski definition) is 7. The van der Waals surface area contributed by atoms with Gasteiger partial charge < -0.3 is 14.7 Å². The minimum Gasteiger partial charge on any atom is -0.460 e. The molecule has 1 amide bonds. The third-order valence-corrected chi connectivity index (χ3v) is 7.51. The first-order chi connectivity index (χ1) is 21.2. The number of amides is 1. The molecular weight excluding hydrogens is 577 g/mol. The average Bonchev–Trinajstić information content (AvgIpc) is 3.55. The molecule has 1 N–H and O–H groups in total. The lowest BCUT2D eigenvalue weighted by Gasteiger charge is -2.33. The molecule has 0 radical (unpaired) electrons. The second-order valence-electron chi connectivity index (χ2n) is 13.3. The van der Waals surface area contributed by atoms with Gasteiger partial charge in [-0.05, 0) is 77.1 Å². The molecule has 0 saturated carbocycles. The van der Waals surface area contributed by atoms with Gasteiger partial charge in [0, 0.05) is 30.4 Å². The van der Waals surface area contributed by atoms with E-state index < -0.39 is 17.0 Å². The van der Waals surface area contributed by atoms with E-state index in [1.807, 2.05) is 39.0 Å². The van der Waals surface area contributed by atoms with E-state index >= 15 is 0 Å². The number of carbonyl (C=O) groups is 2. The van der Waals surface area contributed by atoms with Gasteiger partial charge in [-0.2, -0.15) is 5.10 Å². The summed E-state index contributed by atoms with van der Waals surface area (Å²) in [7, 11) is 0. The van der Waals surface area contributed by atoms with Crippen molar-refractivity contribution < 1.29 is 23.8 Å². The number of esters is 1. The van der Waals surface area contributed by atoms with E-state index in [9.17, 15) is 19.1 Å². The summed E-state index contributed by atoms with van der Waals surface area (Å²) < 4.78 is 23.4. The van der Waals surface area contributed by atoms with Crippen molar-refractivity contribution in [2.45, 2.75) is 78.2 Å². The minimum atomic E-state index is -0.980. The number of likely N-dealkylation sites (tertiary alicyclic amines) is 1. The molecule has 2 aromatic heterocycles. The first kappa shape index (κ1) is 31.8. The fourth-order valence-electron chi connectivity index (χ4n) is 5.61. The summed E-state index contributed by atoms with van der Waals surface area (Å²) in [6, 6.07) is 9.88. The van der Waals surface area contributed by atoms with Crippen LogP contribution in [0.5, 0.6) is 0 Å². The van der Waals surface area contributed by atoms with Gasteiger partial charge in [0.1, 0.15) is 29.2 Å². The van der Waals surface area contributed by atoms with E-state index in [0.717, 1.165) is 23.9 Å². The number of halogens is 1. The number of piperidine rings is 1. The maximum atomic E-state index is 14.7. The highest BCUT2D eigenvalue weighted by Gasteiger charge is 2.28. The van der Waals surface area contributed by atoms with Gasteiger partial charge in [0.2, 0.25) is 11.6 Å². The standard InChI is InChI=1S/C33H38FN7O4/c1-32(2,3)45-30(43)14-21-8-7-13-39(17-21)29(42)19-40-18-24(31(37-40)23-9-11-26(35-6)25(34)15-23)22-10-12-28-27(16-22)36-38-41(28)20-33(4,5)44/h9-12,15-16,18,21,44H,7-8,13-14,17,19-20H2,1-5H3/t21-/m0/s1. The van der Waals surface area contributed by atoms with E-state index in [1.165, 1.54) is 12.1 Å². The third kappa shape index (κ3) is 7.72. The Labute approximate surface area is 261 Å². The maximum Gasteiger partial charge on any atom is 0.306 e. The summed E-state index contributed by atoms with van der Waals surface area (Å²) in [6.45, 7) is 17.4. The van der Waals surface area contributed by atoms with Gasteiger partial charge >= 0.3 is 5.97 Å². The number of benzene rings is 2. The zero-order valence-electron chi connectivity index (χ0n) is 26.2. The highest BCUT2D eigenvalue weighted by Crippen LogP contribution is 2.35. The van der Waals surface area contributed by atoms with Gasteiger partial charge in [-0.1, -0.05) is 23.4 Å². The average molecular weight is 616 g/mol. The highest BCUT2D eigenvalue weighted by molar-refractivity contribution is 5.87. The number of aromatic nitrogens is 5. The lowest BCUT2D eigenvalue weighted by atomic mass is 9.94. The van der Waals surface area contributed by atoms with Gasteiger partial charge in [0.15, 0.2) is 0 Å². The summed E-state index contributed by atoms with van der Waals surface area (Å²) >= 11 is 0. The fourth-order valence-corrected chi connectivity index (χ4v) is 5.61. The van der Waals surface area contributed by atoms with Crippen LogP contribution >= 0.6 is 0 Å². The fraction of sp³-hybridized carbons (Fsp3) is 0.455. The lowest BCUT2D eigenvalue weighted by Crippen LogP contribution is -2.42. The molecule has 45 heavy (non-hydrogen) atoms. The first-order valence-electron chi connectivity index (χ1n) is 15.0. The molecule has 1 saturated heterocycles. The van der Waals surface area contributed by atoms with E-state index in [0.29, 0.717) is 35.4 Å². The molecule has 1 aliphatic heterocycles. The number of carbonyl (C=O) groups excluding carboxylic acids is 2. The Morgan fingerprint density at radius 3 is 2.58 bits per heavy atom. The van der Waals surface area contributed by atoms with Crippen LogP contribution in [0.15, 0.2) is 42.6 Å². The predicted octanol–water partition coefficient (Wildman–Crippen LogP) is 5.39. The third-order valence-electron chi connectivity index (χ3n) is 7.51. The minimum absolute atomic E-state index is 0.0155. The first-order valence-corrected chi connectivity index (χ1v) is 15.0. The quantitative estimate of drug-likeness (QED) is 0.208. The van der Waals surface area contributed by atoms with Crippen LogP contribution in [0.3, 0.4) is 0 Å². The molecule has 4 aromatic rings. The molecule has 12 heteroatoms. The Kier molecular flexibility index (Phi) is 8.76. The second kappa shape index (κ2) is 12.4. The summed E-state index contributed by atoms with van der Waals surface area (Å²) in [4.78, 5) is 30.9. The lowest BCUT2D eigenvalue weighted by molar-refractivity contribution is -0.157. The Bertz CT molecular complexity index is 1770. The van der Waals surface area contributed by atoms with Crippen LogP contribution in [0, 0.1) is 18.3 Å². The zero-order chi connectivity index (χ0) is 32.5. The maximum absolute atomic E-state index is 14.7. The van der Waals surface area contributed by atoms with Crippen molar-refractivity contribution in [3.8, 4) is 22.4 Å². The molecule has 0 unspecified atom stereocenters. The van der Waals surface area contributed by atoms with Crippen LogP contribution < -0.4 is 0 Å². The number of ether oxygens (including phenoxy) is 1. The molecule has 11 nitrogen and oxygen atoms in total. The normalized spacial score (nSPS) is 15.7. The van der Waals surface area contributed by atoms with Crippen molar-refractivity contribution >= 4 is 28.6 Å². The molecular formula is C33H38FN7O4. The van der Waals surface area contributed by atoms with Crippen LogP contribution in [0.1, 0.15) is 53.9 Å². The topological polar surface area (TPSA) is 120 Å². The summed E-state index contributed by atoms with van der Waals surface area (Å²) in [6.07, 6.45) is 3.63. The van der Waals surface area contributed by atoms with Crippen molar-refractivity contribution in [2.24, 2.45) is 5.92 Å². The highest BCUT2D eigenvalue weighted by atomic mass is 19.1. The number of aliphatic hydroxyl groups is 1. The molecule has 1 atom stereocenters. The SMILES string of the molecule is [C-]#[N+]c1ccc(-c2nn(CC(=O)N3CCC[C@@H](CC(=O)OC(C)(C)C)C3)cc2-c2ccc3c(c2)nnn3CC(C)(C)O)cc1F. The molecule has 236 valence electrons. The van der Waals surface area contributed by atoms with Gasteiger partial charge in [0.05, 0.1) is 30.7 Å². The summed E-state index contributed by atoms with van der Waals surface area (Å²) in [5.41, 5.74) is 2.00. The van der Waals surface area contributed by atoms with Crippen LogP contribution in [0.25, 0.3) is 38.3 Å². The molecule has 0 aliphatic carbocycles. The summed E-state index contributed by atoms with van der Waals surface area (Å²) in [5.74, 6) is -1.05. The van der Waals surface area contributed by atoms with Crippen molar-refractivity contribution in [3.63, 3.8) is 0 Å². The van der Waals surface area contributed by atoms with Crippen LogP contribution in [-0.4, -0.2) is 70.9 Å². The molecule has 3 heterocycles. The Balaban J connectivity index is 1.42. The van der Waals surface area contributed by atoms with Crippen molar-refractivity contribution in [1.29, 1.82) is 0 Å². The molecule has 1 aliphatic rings. The monoisotopic (exact) mass is 615 g/mol. The Hall–Kier alpha value is -4.63. The van der Waals surface area contributed by atoms with Crippen LogP contribution in [0.4, 0.5) is 10.1 Å². The summed E-state index contributed by atoms with van der Waals surface area (Å²) in [5, 5.41) is 23.4. The molecule has 0 spiro atoms. The zero-order valence-corrected chi connectivity index (χ0v) is 26.2. The molecule has 5 rings (SSSR count). The van der Waals surface area contributed by atoms with E-state index in [2.05, 4.69) is 15.2 Å². The Morgan fingerprint density at radius 2 is 1.89 bits per heavy atom. The number of fused-ring (bicyclic) bond motifs is 1. The predicted molar refractivity (Wildman–Crippen MR) is 166 cm³/mol. The van der Waals surface area contributed by atoms with Crippen LogP contribution in [0.2, 0.25) is 0 Å².